The van der Waals surface area contributed by atoms with E-state index in [0.29, 0.717) is 24.3 Å². The molecule has 1 N–H and O–H groups in total. The zero-order chi connectivity index (χ0) is 17.4. The first kappa shape index (κ1) is 16.0. The first-order valence-electron chi connectivity index (χ1n) is 7.57. The Kier molecular flexibility index (Phi) is 3.89. The molecule has 25 heavy (non-hydrogen) atoms. The van der Waals surface area contributed by atoms with Crippen molar-refractivity contribution < 1.29 is 17.6 Å². The normalized spacial score (nSPS) is 14.4. The summed E-state index contributed by atoms with van der Waals surface area (Å²) < 4.78 is 29.7. The summed E-state index contributed by atoms with van der Waals surface area (Å²) in [5.41, 5.74) is 0.311. The highest BCUT2D eigenvalue weighted by Crippen LogP contribution is 2.33. The highest BCUT2D eigenvalue weighted by atomic mass is 32.2. The van der Waals surface area contributed by atoms with Crippen molar-refractivity contribution in [2.75, 3.05) is 5.32 Å². The Morgan fingerprint density at radius 3 is 2.56 bits per heavy atom. The van der Waals surface area contributed by atoms with E-state index in [-0.39, 0.29) is 16.2 Å². The van der Waals surface area contributed by atoms with Gasteiger partial charge >= 0.3 is 6.01 Å². The van der Waals surface area contributed by atoms with Crippen LogP contribution in [0.3, 0.4) is 0 Å². The van der Waals surface area contributed by atoms with Gasteiger partial charge in [-0.15, -0.1) is 16.4 Å². The van der Waals surface area contributed by atoms with Crippen LogP contribution in [0.1, 0.15) is 23.2 Å². The van der Waals surface area contributed by atoms with E-state index in [4.69, 9.17) is 4.42 Å². The molecule has 1 aromatic carbocycles. The third kappa shape index (κ3) is 3.20. The molecule has 9 heteroatoms. The number of hydrogen-bond donors (Lipinski definition) is 1. The van der Waals surface area contributed by atoms with Crippen LogP contribution in [0, 0.1) is 0 Å². The van der Waals surface area contributed by atoms with Gasteiger partial charge in [-0.05, 0) is 48.6 Å². The monoisotopic (exact) mass is 375 g/mol. The second kappa shape index (κ2) is 6.08. The first-order chi connectivity index (χ1) is 12.0. The highest BCUT2D eigenvalue weighted by Gasteiger charge is 2.36. The van der Waals surface area contributed by atoms with E-state index in [1.54, 1.807) is 0 Å². The molecule has 3 aromatic rings. The zero-order valence-electron chi connectivity index (χ0n) is 12.9. The largest absolute Gasteiger partial charge is 0.402 e. The lowest BCUT2D eigenvalue weighted by Gasteiger charge is -2.04. The minimum absolute atomic E-state index is 0.0110. The molecule has 2 heterocycles. The van der Waals surface area contributed by atoms with Gasteiger partial charge in [0.2, 0.25) is 0 Å². The SMILES string of the molecule is O=C(Nc1nnc(-c2cccs2)o1)c1ccc(S(=O)(=O)C2CC2)cc1. The van der Waals surface area contributed by atoms with Crippen molar-refractivity contribution in [3.63, 3.8) is 0 Å². The van der Waals surface area contributed by atoms with E-state index in [0.717, 1.165) is 4.88 Å². The Hall–Kier alpha value is -2.52. The van der Waals surface area contributed by atoms with Crippen LogP contribution < -0.4 is 5.32 Å². The molecular formula is C16H13N3O4S2. The Bertz CT molecular complexity index is 1000. The van der Waals surface area contributed by atoms with Gasteiger partial charge in [-0.2, -0.15) is 0 Å². The number of thiophene rings is 1. The topological polar surface area (TPSA) is 102 Å². The van der Waals surface area contributed by atoms with Gasteiger partial charge in [0.15, 0.2) is 9.84 Å². The predicted molar refractivity (Wildman–Crippen MR) is 92.2 cm³/mol. The molecule has 0 unspecified atom stereocenters. The number of nitrogens with one attached hydrogen (secondary N) is 1. The smallest absolute Gasteiger partial charge is 0.322 e. The van der Waals surface area contributed by atoms with E-state index in [1.807, 2.05) is 17.5 Å². The van der Waals surface area contributed by atoms with Gasteiger partial charge in [0.25, 0.3) is 11.8 Å². The quantitative estimate of drug-likeness (QED) is 0.735. The maximum absolute atomic E-state index is 12.2. The van der Waals surface area contributed by atoms with Gasteiger partial charge in [0, 0.05) is 5.56 Å². The number of nitrogens with zero attached hydrogens (tertiary/aromatic N) is 2. The number of carbonyl (C=O) groups excluding carboxylic acids is 1. The first-order valence-corrected chi connectivity index (χ1v) is 9.99. The third-order valence-electron chi connectivity index (χ3n) is 3.79. The van der Waals surface area contributed by atoms with Crippen molar-refractivity contribution in [2.45, 2.75) is 23.0 Å². The lowest BCUT2D eigenvalue weighted by Crippen LogP contribution is -2.13. The summed E-state index contributed by atoms with van der Waals surface area (Å²) in [5.74, 6) is -0.118. The van der Waals surface area contributed by atoms with Crippen molar-refractivity contribution in [2.24, 2.45) is 0 Å². The van der Waals surface area contributed by atoms with Gasteiger partial charge in [-0.25, -0.2) is 8.42 Å². The van der Waals surface area contributed by atoms with E-state index in [1.165, 1.54) is 35.6 Å². The fourth-order valence-corrected chi connectivity index (χ4v) is 4.61. The van der Waals surface area contributed by atoms with Crippen LogP contribution in [0.4, 0.5) is 6.01 Å². The molecule has 0 bridgehead atoms. The number of anilines is 1. The van der Waals surface area contributed by atoms with Crippen molar-refractivity contribution >= 4 is 33.1 Å². The maximum Gasteiger partial charge on any atom is 0.322 e. The average Bonchev–Trinajstić information content (AvgIpc) is 3.15. The summed E-state index contributed by atoms with van der Waals surface area (Å²) in [6.07, 6.45) is 1.41. The molecule has 0 saturated heterocycles. The number of benzene rings is 1. The van der Waals surface area contributed by atoms with Crippen LogP contribution in [0.25, 0.3) is 10.8 Å². The average molecular weight is 375 g/mol. The van der Waals surface area contributed by atoms with E-state index >= 15 is 0 Å². The molecule has 1 aliphatic rings. The number of aromatic nitrogens is 2. The molecule has 1 saturated carbocycles. The number of rotatable bonds is 5. The fraction of sp³-hybridized carbons (Fsp3) is 0.188. The fourth-order valence-electron chi connectivity index (χ4n) is 2.31. The van der Waals surface area contributed by atoms with Crippen LogP contribution in [0.15, 0.2) is 51.1 Å². The summed E-state index contributed by atoms with van der Waals surface area (Å²) in [6, 6.07) is 9.54. The highest BCUT2D eigenvalue weighted by molar-refractivity contribution is 7.92. The summed E-state index contributed by atoms with van der Waals surface area (Å²) in [4.78, 5) is 13.3. The summed E-state index contributed by atoms with van der Waals surface area (Å²) in [7, 11) is -3.26. The van der Waals surface area contributed by atoms with Gasteiger partial charge < -0.3 is 4.42 Å². The zero-order valence-corrected chi connectivity index (χ0v) is 14.5. The van der Waals surface area contributed by atoms with Gasteiger partial charge in [-0.1, -0.05) is 11.2 Å². The standard InChI is InChI=1S/C16H13N3O4S2/c20-14(17-16-19-18-15(23-16)13-2-1-9-24-13)10-3-5-11(6-4-10)25(21,22)12-7-8-12/h1-6,9,12H,7-8H2,(H,17,19,20). The van der Waals surface area contributed by atoms with Crippen molar-refractivity contribution in [3.05, 3.63) is 47.3 Å². The number of hydrogen-bond acceptors (Lipinski definition) is 7. The van der Waals surface area contributed by atoms with E-state index in [9.17, 15) is 13.2 Å². The Morgan fingerprint density at radius 2 is 1.92 bits per heavy atom. The maximum atomic E-state index is 12.2. The second-order valence-corrected chi connectivity index (χ2v) is 8.79. The van der Waals surface area contributed by atoms with Crippen LogP contribution in [-0.2, 0) is 9.84 Å². The minimum Gasteiger partial charge on any atom is -0.402 e. The summed E-state index contributed by atoms with van der Waals surface area (Å²) in [6.45, 7) is 0. The second-order valence-electron chi connectivity index (χ2n) is 5.61. The number of amides is 1. The molecule has 0 spiro atoms. The van der Waals surface area contributed by atoms with Crippen molar-refractivity contribution in [1.29, 1.82) is 0 Å². The molecule has 1 amide bonds. The van der Waals surface area contributed by atoms with Crippen LogP contribution in [0.2, 0.25) is 0 Å². The molecule has 0 radical (unpaired) electrons. The molecule has 2 aromatic heterocycles. The Labute approximate surface area is 147 Å². The van der Waals surface area contributed by atoms with Gasteiger partial charge in [-0.3, -0.25) is 10.1 Å². The number of sulfone groups is 1. The predicted octanol–water partition coefficient (Wildman–Crippen LogP) is 2.99. The number of carbonyl (C=O) groups is 1. The van der Waals surface area contributed by atoms with Crippen molar-refractivity contribution in [3.8, 4) is 10.8 Å². The van der Waals surface area contributed by atoms with E-state index < -0.39 is 15.7 Å². The molecule has 0 atom stereocenters. The van der Waals surface area contributed by atoms with Crippen LogP contribution >= 0.6 is 11.3 Å². The minimum atomic E-state index is -3.26. The molecule has 4 rings (SSSR count). The molecule has 1 fully saturated rings. The summed E-state index contributed by atoms with van der Waals surface area (Å²) in [5, 5.41) is 11.8. The third-order valence-corrected chi connectivity index (χ3v) is 6.92. The summed E-state index contributed by atoms with van der Waals surface area (Å²) >= 11 is 1.45. The van der Waals surface area contributed by atoms with Crippen LogP contribution in [-0.4, -0.2) is 29.8 Å². The lowest BCUT2D eigenvalue weighted by atomic mass is 10.2. The van der Waals surface area contributed by atoms with Crippen LogP contribution in [0.5, 0.6) is 0 Å². The Balaban J connectivity index is 1.48. The van der Waals surface area contributed by atoms with Crippen molar-refractivity contribution in [1.82, 2.24) is 10.2 Å². The van der Waals surface area contributed by atoms with Gasteiger partial charge in [0.05, 0.1) is 15.0 Å². The molecule has 7 nitrogen and oxygen atoms in total. The molecular weight excluding hydrogens is 362 g/mol. The Morgan fingerprint density at radius 1 is 1.16 bits per heavy atom. The van der Waals surface area contributed by atoms with E-state index in [2.05, 4.69) is 15.5 Å². The van der Waals surface area contributed by atoms with Gasteiger partial charge in [0.1, 0.15) is 0 Å². The molecule has 0 aliphatic heterocycles. The molecule has 128 valence electrons. The molecule has 1 aliphatic carbocycles. The lowest BCUT2D eigenvalue weighted by molar-refractivity contribution is 0.102.